The number of phenols is 1. The number of nitrogens with zero attached hydrogens (tertiary/aromatic N) is 3. The summed E-state index contributed by atoms with van der Waals surface area (Å²) in [5.74, 6) is -0.213. The third kappa shape index (κ3) is 2.78. The fourth-order valence-corrected chi connectivity index (χ4v) is 2.43. The van der Waals surface area contributed by atoms with Gasteiger partial charge < -0.3 is 10.1 Å². The number of para-hydroxylation sites is 2. The molecule has 0 aliphatic heterocycles. The van der Waals surface area contributed by atoms with Crippen LogP contribution in [-0.4, -0.2) is 20.0 Å². The fourth-order valence-electron chi connectivity index (χ4n) is 2.21. The number of hydrogen-bond acceptors (Lipinski definition) is 5. The number of nitro benzene ring substituents is 1. The predicted molar refractivity (Wildman–Crippen MR) is 89.3 cm³/mol. The second-order valence-electron chi connectivity index (χ2n) is 4.89. The van der Waals surface area contributed by atoms with Crippen LogP contribution in [0.4, 0.5) is 5.69 Å². The molecule has 0 saturated carbocycles. The Morgan fingerprint density at radius 1 is 1.42 bits per heavy atom. The van der Waals surface area contributed by atoms with Crippen molar-refractivity contribution in [1.82, 2.24) is 9.97 Å². The van der Waals surface area contributed by atoms with E-state index in [9.17, 15) is 20.5 Å². The minimum absolute atomic E-state index is 0.0851. The molecule has 0 radical (unpaired) electrons. The zero-order valence-electron chi connectivity index (χ0n) is 12.0. The third-order valence-electron chi connectivity index (χ3n) is 3.36. The lowest BCUT2D eigenvalue weighted by Gasteiger charge is -2.02. The second kappa shape index (κ2) is 6.02. The van der Waals surface area contributed by atoms with Crippen LogP contribution in [-0.2, 0) is 0 Å². The molecule has 7 nitrogen and oxygen atoms in total. The first kappa shape index (κ1) is 15.5. The molecular formula is C16H9ClN4O3. The lowest BCUT2D eigenvalue weighted by atomic mass is 10.1. The Bertz CT molecular complexity index is 1000. The van der Waals surface area contributed by atoms with E-state index in [0.717, 1.165) is 17.6 Å². The van der Waals surface area contributed by atoms with Crippen molar-refractivity contribution in [2.45, 2.75) is 0 Å². The van der Waals surface area contributed by atoms with E-state index >= 15 is 0 Å². The molecule has 0 saturated heterocycles. The van der Waals surface area contributed by atoms with E-state index in [1.807, 2.05) is 24.3 Å². The van der Waals surface area contributed by atoms with Gasteiger partial charge in [-0.05, 0) is 18.2 Å². The Kier molecular flexibility index (Phi) is 3.90. The molecule has 0 amide bonds. The smallest absolute Gasteiger partial charge is 0.311 e. The number of nitriles is 1. The van der Waals surface area contributed by atoms with Gasteiger partial charge in [0.05, 0.1) is 26.6 Å². The predicted octanol–water partition coefficient (Wildman–Crippen LogP) is 3.89. The van der Waals surface area contributed by atoms with Crippen LogP contribution in [0.2, 0.25) is 5.02 Å². The van der Waals surface area contributed by atoms with E-state index in [2.05, 4.69) is 9.97 Å². The summed E-state index contributed by atoms with van der Waals surface area (Å²) in [7, 11) is 0. The van der Waals surface area contributed by atoms with Crippen molar-refractivity contribution in [3.63, 3.8) is 0 Å². The molecule has 0 fully saturated rings. The zero-order valence-corrected chi connectivity index (χ0v) is 12.8. The zero-order chi connectivity index (χ0) is 17.3. The van der Waals surface area contributed by atoms with Crippen LogP contribution >= 0.6 is 11.6 Å². The highest BCUT2D eigenvalue weighted by Gasteiger charge is 2.17. The second-order valence-corrected chi connectivity index (χ2v) is 5.30. The number of benzene rings is 2. The fraction of sp³-hybridized carbons (Fsp3) is 0. The van der Waals surface area contributed by atoms with Gasteiger partial charge in [0.25, 0.3) is 0 Å². The number of nitro groups is 1. The molecule has 2 N–H and O–H groups in total. The van der Waals surface area contributed by atoms with Crippen molar-refractivity contribution >= 4 is 40.0 Å². The monoisotopic (exact) mass is 340 g/mol. The maximum absolute atomic E-state index is 10.9. The molecule has 1 heterocycles. The molecule has 3 rings (SSSR count). The van der Waals surface area contributed by atoms with Gasteiger partial charge in [-0.1, -0.05) is 23.7 Å². The minimum atomic E-state index is -0.726. The highest BCUT2D eigenvalue weighted by atomic mass is 35.5. The van der Waals surface area contributed by atoms with Gasteiger partial charge in [-0.3, -0.25) is 10.1 Å². The first-order valence-corrected chi connectivity index (χ1v) is 7.11. The molecule has 0 unspecified atom stereocenters. The van der Waals surface area contributed by atoms with Gasteiger partial charge in [0.2, 0.25) is 0 Å². The SMILES string of the molecule is N#C/C(=C\c1cc([N+](=O)[O-])c(O)cc1Cl)c1nc2ccccc2[nH]1. The number of imidazole rings is 1. The van der Waals surface area contributed by atoms with E-state index < -0.39 is 16.4 Å². The van der Waals surface area contributed by atoms with Crippen molar-refractivity contribution < 1.29 is 10.0 Å². The number of H-pyrrole nitrogens is 1. The maximum Gasteiger partial charge on any atom is 0.311 e. The molecule has 0 bridgehead atoms. The number of allylic oxidation sites excluding steroid dienone is 1. The van der Waals surface area contributed by atoms with Crippen molar-refractivity contribution in [2.75, 3.05) is 0 Å². The van der Waals surface area contributed by atoms with E-state index in [4.69, 9.17) is 11.6 Å². The van der Waals surface area contributed by atoms with Crippen molar-refractivity contribution in [2.24, 2.45) is 0 Å². The van der Waals surface area contributed by atoms with Crippen molar-refractivity contribution in [3.8, 4) is 11.8 Å². The largest absolute Gasteiger partial charge is 0.502 e. The van der Waals surface area contributed by atoms with Crippen LogP contribution < -0.4 is 0 Å². The van der Waals surface area contributed by atoms with Crippen LogP contribution in [0, 0.1) is 21.4 Å². The summed E-state index contributed by atoms with van der Waals surface area (Å²) in [5.41, 5.74) is 1.35. The van der Waals surface area contributed by atoms with Gasteiger partial charge in [0.1, 0.15) is 11.9 Å². The molecule has 0 aliphatic rings. The first-order chi connectivity index (χ1) is 11.5. The van der Waals surface area contributed by atoms with E-state index in [1.54, 1.807) is 6.07 Å². The number of aromatic amines is 1. The normalized spacial score (nSPS) is 11.4. The number of aromatic hydroxyl groups is 1. The van der Waals surface area contributed by atoms with Gasteiger partial charge in [-0.25, -0.2) is 4.98 Å². The van der Waals surface area contributed by atoms with Crippen LogP contribution in [0.3, 0.4) is 0 Å². The molecule has 0 aliphatic carbocycles. The van der Waals surface area contributed by atoms with Gasteiger partial charge in [0, 0.05) is 17.7 Å². The Labute approximate surface area is 140 Å². The van der Waals surface area contributed by atoms with Gasteiger partial charge in [-0.2, -0.15) is 5.26 Å². The summed E-state index contributed by atoms with van der Waals surface area (Å²) < 4.78 is 0. The van der Waals surface area contributed by atoms with Crippen LogP contribution in [0.25, 0.3) is 22.7 Å². The first-order valence-electron chi connectivity index (χ1n) is 6.73. The molecule has 0 spiro atoms. The molecule has 2 aromatic carbocycles. The summed E-state index contributed by atoms with van der Waals surface area (Å²) in [6.07, 6.45) is 1.38. The summed E-state index contributed by atoms with van der Waals surface area (Å²) >= 11 is 6.01. The topological polar surface area (TPSA) is 116 Å². The third-order valence-corrected chi connectivity index (χ3v) is 3.68. The number of rotatable bonds is 3. The molecule has 3 aromatic rings. The van der Waals surface area contributed by atoms with Crippen molar-refractivity contribution in [1.29, 1.82) is 5.26 Å². The average molecular weight is 341 g/mol. The van der Waals surface area contributed by atoms with E-state index in [-0.39, 0.29) is 16.2 Å². The number of halogens is 1. The highest BCUT2D eigenvalue weighted by molar-refractivity contribution is 6.32. The lowest BCUT2D eigenvalue weighted by Crippen LogP contribution is -1.91. The molecule has 0 atom stereocenters. The molecule has 1 aromatic heterocycles. The summed E-state index contributed by atoms with van der Waals surface area (Å²) in [6.45, 7) is 0. The number of phenolic OH excluding ortho intramolecular Hbond substituents is 1. The summed E-state index contributed by atoms with van der Waals surface area (Å²) in [5, 5.41) is 30.0. The van der Waals surface area contributed by atoms with Gasteiger partial charge in [-0.15, -0.1) is 0 Å². The van der Waals surface area contributed by atoms with Crippen LogP contribution in [0.5, 0.6) is 5.75 Å². The number of nitrogens with one attached hydrogen (secondary N) is 1. The minimum Gasteiger partial charge on any atom is -0.502 e. The lowest BCUT2D eigenvalue weighted by molar-refractivity contribution is -0.385. The molecule has 24 heavy (non-hydrogen) atoms. The maximum atomic E-state index is 10.9. The van der Waals surface area contributed by atoms with Crippen molar-refractivity contribution in [3.05, 3.63) is 62.9 Å². The Morgan fingerprint density at radius 2 is 2.17 bits per heavy atom. The molecule has 8 heteroatoms. The number of aromatic nitrogens is 2. The molecule has 118 valence electrons. The van der Waals surface area contributed by atoms with Gasteiger partial charge >= 0.3 is 5.69 Å². The van der Waals surface area contributed by atoms with E-state index in [1.165, 1.54) is 6.08 Å². The molecular weight excluding hydrogens is 332 g/mol. The summed E-state index contributed by atoms with van der Waals surface area (Å²) in [4.78, 5) is 17.5. The Balaban J connectivity index is 2.13. The van der Waals surface area contributed by atoms with Crippen LogP contribution in [0.1, 0.15) is 11.4 Å². The van der Waals surface area contributed by atoms with E-state index in [0.29, 0.717) is 11.3 Å². The highest BCUT2D eigenvalue weighted by Crippen LogP contribution is 2.33. The van der Waals surface area contributed by atoms with Gasteiger partial charge in [0.15, 0.2) is 5.75 Å². The quantitative estimate of drug-likeness (QED) is 0.426. The Hall–Kier alpha value is -3.37. The number of hydrogen-bond donors (Lipinski definition) is 2. The summed E-state index contributed by atoms with van der Waals surface area (Å²) in [6, 6.07) is 11.4. The number of fused-ring (bicyclic) bond motifs is 1. The Morgan fingerprint density at radius 3 is 2.83 bits per heavy atom. The standard InChI is InChI=1S/C16H9ClN4O3/c17-11-7-15(22)14(21(23)24)6-9(11)5-10(8-18)16-19-12-3-1-2-4-13(12)20-16/h1-7,22H,(H,19,20)/b10-5+. The van der Waals surface area contributed by atoms with Crippen LogP contribution in [0.15, 0.2) is 36.4 Å². The average Bonchev–Trinajstić information content (AvgIpc) is 2.97.